The monoisotopic (exact) mass is 250 g/mol. The Hall–Kier alpha value is -0.840. The summed E-state index contributed by atoms with van der Waals surface area (Å²) in [4.78, 5) is 20.9. The molecule has 0 saturated carbocycles. The lowest BCUT2D eigenvalue weighted by molar-refractivity contribution is -0.145. The number of carbonyl (C=O) groups is 2. The molecule has 0 aliphatic rings. The highest BCUT2D eigenvalue weighted by molar-refractivity contribution is 9.10. The number of carbonyl (C=O) groups excluding carboxylic acids is 2. The van der Waals surface area contributed by atoms with Gasteiger partial charge < -0.3 is 9.47 Å². The second-order valence-corrected chi connectivity index (χ2v) is 3.16. The van der Waals surface area contributed by atoms with Crippen molar-refractivity contribution in [1.82, 2.24) is 0 Å². The average molecular weight is 251 g/mol. The van der Waals surface area contributed by atoms with E-state index in [2.05, 4.69) is 32.0 Å². The van der Waals surface area contributed by atoms with Crippen molar-refractivity contribution in [2.24, 2.45) is 0 Å². The summed E-state index contributed by atoms with van der Waals surface area (Å²) in [6, 6.07) is 0. The molecule has 0 aliphatic heterocycles. The number of halogens is 1. The molecule has 0 amide bonds. The lowest BCUT2D eigenvalue weighted by Gasteiger charge is -2.08. The first kappa shape index (κ1) is 12.2. The first-order chi connectivity index (χ1) is 6.11. The van der Waals surface area contributed by atoms with Crippen LogP contribution in [0.5, 0.6) is 0 Å². The molecular formula is C8H11BrO4. The third-order valence-corrected chi connectivity index (χ3v) is 1.72. The van der Waals surface area contributed by atoms with Crippen molar-refractivity contribution in [1.29, 1.82) is 0 Å². The van der Waals surface area contributed by atoms with Crippen LogP contribution in [0.4, 0.5) is 0 Å². The molecule has 0 aliphatic carbocycles. The molecule has 0 aromatic rings. The lowest BCUT2D eigenvalue weighted by Crippen LogP contribution is -2.23. The van der Waals surface area contributed by atoms with E-state index in [1.807, 2.05) is 0 Å². The summed E-state index contributed by atoms with van der Waals surface area (Å²) >= 11 is 3.02. The topological polar surface area (TPSA) is 52.6 Å². The van der Waals surface area contributed by atoms with Crippen LogP contribution in [0.15, 0.2) is 12.7 Å². The van der Waals surface area contributed by atoms with Gasteiger partial charge in [0.2, 0.25) is 0 Å². The van der Waals surface area contributed by atoms with E-state index >= 15 is 0 Å². The molecule has 0 heterocycles. The molecule has 0 spiro atoms. The maximum atomic E-state index is 11.0. The molecule has 0 bridgehead atoms. The standard InChI is InChI=1S/C8H11BrO4/c1-3-7(10)13-5-6(9)8(11)12-4-2/h3,6H,1,4-5H2,2H3. The van der Waals surface area contributed by atoms with Crippen molar-refractivity contribution in [2.75, 3.05) is 13.2 Å². The summed E-state index contributed by atoms with van der Waals surface area (Å²) in [7, 11) is 0. The van der Waals surface area contributed by atoms with Gasteiger partial charge in [0.1, 0.15) is 11.4 Å². The molecule has 0 aromatic heterocycles. The van der Waals surface area contributed by atoms with E-state index in [9.17, 15) is 9.59 Å². The first-order valence-corrected chi connectivity index (χ1v) is 4.63. The molecule has 5 heteroatoms. The van der Waals surface area contributed by atoms with Gasteiger partial charge in [-0.05, 0) is 6.92 Å². The van der Waals surface area contributed by atoms with E-state index in [4.69, 9.17) is 0 Å². The first-order valence-electron chi connectivity index (χ1n) is 3.71. The maximum absolute atomic E-state index is 11.0. The van der Waals surface area contributed by atoms with E-state index in [0.29, 0.717) is 6.61 Å². The molecule has 0 saturated heterocycles. The zero-order valence-electron chi connectivity index (χ0n) is 7.29. The number of ether oxygens (including phenoxy) is 2. The van der Waals surface area contributed by atoms with Crippen LogP contribution in [-0.4, -0.2) is 30.0 Å². The molecule has 0 rings (SSSR count). The van der Waals surface area contributed by atoms with Gasteiger partial charge >= 0.3 is 11.9 Å². The van der Waals surface area contributed by atoms with Crippen LogP contribution in [0.1, 0.15) is 6.92 Å². The van der Waals surface area contributed by atoms with Crippen molar-refractivity contribution < 1.29 is 19.1 Å². The fraction of sp³-hybridized carbons (Fsp3) is 0.500. The fourth-order valence-corrected chi connectivity index (χ4v) is 0.779. The molecule has 0 fully saturated rings. The third-order valence-electron chi connectivity index (χ3n) is 1.08. The molecule has 0 N–H and O–H groups in total. The summed E-state index contributed by atoms with van der Waals surface area (Å²) in [5, 5.41) is 0. The van der Waals surface area contributed by atoms with Gasteiger partial charge in [-0.25, -0.2) is 4.79 Å². The minimum absolute atomic E-state index is 0.0519. The molecule has 1 unspecified atom stereocenters. The Kier molecular flexibility index (Phi) is 6.22. The zero-order chi connectivity index (χ0) is 10.3. The minimum atomic E-state index is -0.614. The van der Waals surface area contributed by atoms with Crippen molar-refractivity contribution in [3.63, 3.8) is 0 Å². The summed E-state index contributed by atoms with van der Waals surface area (Å²) in [6.07, 6.45) is 1.03. The van der Waals surface area contributed by atoms with Crippen LogP contribution in [0.25, 0.3) is 0 Å². The van der Waals surface area contributed by atoms with E-state index in [1.54, 1.807) is 6.92 Å². The summed E-state index contributed by atoms with van der Waals surface area (Å²) in [5.41, 5.74) is 0. The van der Waals surface area contributed by atoms with Gasteiger partial charge in [0.05, 0.1) is 6.61 Å². The maximum Gasteiger partial charge on any atom is 0.330 e. The molecule has 0 radical (unpaired) electrons. The van der Waals surface area contributed by atoms with E-state index in [-0.39, 0.29) is 6.61 Å². The van der Waals surface area contributed by atoms with E-state index in [0.717, 1.165) is 6.08 Å². The van der Waals surface area contributed by atoms with Crippen molar-refractivity contribution in [2.45, 2.75) is 11.8 Å². The van der Waals surface area contributed by atoms with Crippen LogP contribution in [0, 0.1) is 0 Å². The Morgan fingerprint density at radius 2 is 2.15 bits per heavy atom. The largest absolute Gasteiger partial charge is 0.465 e. The predicted molar refractivity (Wildman–Crippen MR) is 50.5 cm³/mol. The summed E-state index contributed by atoms with van der Waals surface area (Å²) < 4.78 is 9.28. The number of hydrogen-bond donors (Lipinski definition) is 0. The Morgan fingerprint density at radius 3 is 2.62 bits per heavy atom. The molecule has 0 aromatic carbocycles. The number of alkyl halides is 1. The minimum Gasteiger partial charge on any atom is -0.465 e. The van der Waals surface area contributed by atoms with Crippen molar-refractivity contribution in [3.05, 3.63) is 12.7 Å². The van der Waals surface area contributed by atoms with Crippen LogP contribution >= 0.6 is 15.9 Å². The highest BCUT2D eigenvalue weighted by Gasteiger charge is 2.17. The third kappa shape index (κ3) is 5.41. The van der Waals surface area contributed by atoms with Gasteiger partial charge in [-0.2, -0.15) is 0 Å². The van der Waals surface area contributed by atoms with Gasteiger partial charge in [0.15, 0.2) is 0 Å². The van der Waals surface area contributed by atoms with E-state index < -0.39 is 16.8 Å². The zero-order valence-corrected chi connectivity index (χ0v) is 8.87. The fourth-order valence-electron chi connectivity index (χ4n) is 0.515. The lowest BCUT2D eigenvalue weighted by atomic mass is 10.4. The second kappa shape index (κ2) is 6.65. The number of esters is 2. The number of rotatable bonds is 5. The molecule has 1 atom stereocenters. The normalized spacial score (nSPS) is 11.5. The SMILES string of the molecule is C=CC(=O)OCC(Br)C(=O)OCC. The Morgan fingerprint density at radius 1 is 1.54 bits per heavy atom. The summed E-state index contributed by atoms with van der Waals surface area (Å²) in [6.45, 7) is 5.17. The second-order valence-electron chi connectivity index (χ2n) is 2.05. The molecular weight excluding hydrogens is 240 g/mol. The predicted octanol–water partition coefficient (Wildman–Crippen LogP) is 1.04. The van der Waals surface area contributed by atoms with Crippen LogP contribution in [-0.2, 0) is 19.1 Å². The Balaban J connectivity index is 3.73. The Labute approximate surface area is 85.0 Å². The quantitative estimate of drug-likeness (QED) is 0.416. The van der Waals surface area contributed by atoms with Crippen molar-refractivity contribution >= 4 is 27.9 Å². The average Bonchev–Trinajstić information content (AvgIpc) is 2.13. The smallest absolute Gasteiger partial charge is 0.330 e. The molecule has 13 heavy (non-hydrogen) atoms. The van der Waals surface area contributed by atoms with Gasteiger partial charge in [-0.15, -0.1) is 0 Å². The molecule has 74 valence electrons. The van der Waals surface area contributed by atoms with Crippen molar-refractivity contribution in [3.8, 4) is 0 Å². The van der Waals surface area contributed by atoms with Crippen LogP contribution < -0.4 is 0 Å². The van der Waals surface area contributed by atoms with Crippen LogP contribution in [0.2, 0.25) is 0 Å². The van der Waals surface area contributed by atoms with Crippen LogP contribution in [0.3, 0.4) is 0 Å². The van der Waals surface area contributed by atoms with Gasteiger partial charge in [-0.3, -0.25) is 4.79 Å². The van der Waals surface area contributed by atoms with Gasteiger partial charge in [0.25, 0.3) is 0 Å². The highest BCUT2D eigenvalue weighted by Crippen LogP contribution is 2.03. The Bertz CT molecular complexity index is 202. The molecule has 4 nitrogen and oxygen atoms in total. The highest BCUT2D eigenvalue weighted by atomic mass is 79.9. The number of hydrogen-bond acceptors (Lipinski definition) is 4. The van der Waals surface area contributed by atoms with E-state index in [1.165, 1.54) is 0 Å². The summed E-state index contributed by atoms with van der Waals surface area (Å²) in [5.74, 6) is -1.01. The van der Waals surface area contributed by atoms with Gasteiger partial charge in [-0.1, -0.05) is 22.5 Å². The van der Waals surface area contributed by atoms with Gasteiger partial charge in [0, 0.05) is 6.08 Å².